The van der Waals surface area contributed by atoms with E-state index in [-0.39, 0.29) is 0 Å². The van der Waals surface area contributed by atoms with E-state index in [0.717, 1.165) is 0 Å². The molecule has 0 rings (SSSR count). The third-order valence-electron chi connectivity index (χ3n) is 0. The molecule has 0 heterocycles. The molecule has 0 N–H and O–H groups in total. The number of hydrogen-bond acceptors (Lipinski definition) is 3. The van der Waals surface area contributed by atoms with Crippen LogP contribution in [0.15, 0.2) is 0 Å². The topological polar surface area (TPSA) is 68.5 Å². The molecule has 0 amide bonds. The first kappa shape index (κ1) is 8.83. The van der Waals surface area contributed by atoms with Crippen molar-refractivity contribution in [2.75, 3.05) is 0 Å². The summed E-state index contributed by atoms with van der Waals surface area (Å²) in [6, 6.07) is 0. The van der Waals surface area contributed by atoms with Gasteiger partial charge in [-0.15, -0.1) is 0 Å². The van der Waals surface area contributed by atoms with Crippen LogP contribution in [0.3, 0.4) is 0 Å². The van der Waals surface area contributed by atoms with Gasteiger partial charge in [-0.2, -0.15) is 0 Å². The van der Waals surface area contributed by atoms with E-state index in [1.54, 1.807) is 20.7 Å². The first-order valence-corrected chi connectivity index (χ1v) is 0.970. The zero-order chi connectivity index (χ0) is 4.71. The van der Waals surface area contributed by atoms with Crippen LogP contribution in [0.5, 0.6) is 0 Å². The Balaban J connectivity index is 0. The first-order valence-electron chi connectivity index (χ1n) is 0.488. The second kappa shape index (κ2) is 53.1. The maximum absolute atomic E-state index is 8.06. The van der Waals surface area contributed by atoms with Crippen molar-refractivity contribution in [3.05, 3.63) is 9.71 Å². The molecule has 0 radical (unpaired) electrons. The van der Waals surface area contributed by atoms with E-state index in [1.165, 1.54) is 0 Å². The predicted molar refractivity (Wildman–Crippen MR) is 7.42 cm³/mol. The summed E-state index contributed by atoms with van der Waals surface area (Å²) in [5, 5.41) is 7.88. The zero-order valence-corrected chi connectivity index (χ0v) is 3.19. The van der Waals surface area contributed by atoms with Crippen LogP contribution >= 0.6 is 0 Å². The van der Waals surface area contributed by atoms with E-state index in [1.807, 2.05) is 0 Å². The van der Waals surface area contributed by atoms with Gasteiger partial charge >= 0.3 is 19.8 Å². The molecule has 0 aromatic rings. The van der Waals surface area contributed by atoms with Crippen molar-refractivity contribution >= 4 is 0 Å². The Morgan fingerprint density at radius 3 is 1.60 bits per heavy atom. The van der Waals surface area contributed by atoms with E-state index >= 15 is 0 Å². The van der Waals surface area contributed by atoms with Gasteiger partial charge in [-0.25, -0.2) is 0 Å². The van der Waals surface area contributed by atoms with Crippen LogP contribution in [0.2, 0.25) is 0 Å². The Bertz CT molecular complexity index is 17.6. The van der Waals surface area contributed by atoms with Crippen molar-refractivity contribution in [2.45, 2.75) is 0 Å². The molecule has 5 heteroatoms. The van der Waals surface area contributed by atoms with Gasteiger partial charge < -0.3 is 0 Å². The Morgan fingerprint density at radius 1 is 1.60 bits per heavy atom. The van der Waals surface area contributed by atoms with Crippen molar-refractivity contribution in [1.29, 1.82) is 0 Å². The summed E-state index contributed by atoms with van der Waals surface area (Å²) in [5.74, 6) is 0. The van der Waals surface area contributed by atoms with Gasteiger partial charge in [0.2, 0.25) is 0 Å². The molecule has 5 heavy (non-hydrogen) atoms. The molecule has 0 aromatic carbocycles. The van der Waals surface area contributed by atoms with Gasteiger partial charge in [-0.05, 0) is 0 Å². The zero-order valence-electron chi connectivity index (χ0n) is 2.01. The monoisotopic (exact) mass is 119 g/mol. The average Bonchev–Trinajstić information content (AvgIpc) is 1.46. The third-order valence-corrected chi connectivity index (χ3v) is 0. The van der Waals surface area contributed by atoms with Gasteiger partial charge in [0.05, 0.1) is 0 Å². The van der Waals surface area contributed by atoms with E-state index in [4.69, 9.17) is 14.1 Å². The standard InChI is InChI=1S/Mn.O3.O/c;1-3-2;. The molecule has 0 aliphatic rings. The van der Waals surface area contributed by atoms with Crippen molar-refractivity contribution < 1.29 is 25.0 Å². The molecule has 0 aliphatic carbocycles. The number of hydrogen-bond donors (Lipinski definition) is 0. The second-order valence-electron chi connectivity index (χ2n) is 0.0680. The number of rotatable bonds is 0. The Hall–Kier alpha value is -0.281. The van der Waals surface area contributed by atoms with Gasteiger partial charge in [0, 0.05) is 0 Å². The fraction of sp³-hybridized carbons (Fsp3) is 0. The Labute approximate surface area is 35.7 Å². The Kier molecular flexibility index (Phi) is 93.8. The van der Waals surface area contributed by atoms with Gasteiger partial charge in [0.25, 0.3) is 0 Å². The van der Waals surface area contributed by atoms with Gasteiger partial charge in [0.15, 0.2) is 4.75 Å². The molecular formula is MnO4. The SMILES string of the molecule is O=[O+][O-].[O]=[Mn]. The van der Waals surface area contributed by atoms with Crippen LogP contribution in [0, 0.1) is 9.71 Å². The summed E-state index contributed by atoms with van der Waals surface area (Å²) in [4.78, 5) is 7.88. The molecule has 0 fully saturated rings. The fourth-order valence-electron chi connectivity index (χ4n) is 0. The van der Waals surface area contributed by atoms with Crippen LogP contribution in [-0.4, -0.2) is 0 Å². The molecule has 0 unspecified atom stereocenters. The van der Waals surface area contributed by atoms with E-state index in [0.29, 0.717) is 0 Å². The molecule has 0 saturated carbocycles. The van der Waals surface area contributed by atoms with Gasteiger partial charge in [0.1, 0.15) is 0 Å². The summed E-state index contributed by atoms with van der Waals surface area (Å²) in [6.07, 6.45) is 0. The quantitative estimate of drug-likeness (QED) is 0.173. The first-order chi connectivity index (χ1) is 2.41. The van der Waals surface area contributed by atoms with Crippen LogP contribution in [0.4, 0.5) is 0 Å². The maximum atomic E-state index is 8.06. The Morgan fingerprint density at radius 2 is 1.60 bits per heavy atom. The predicted octanol–water partition coefficient (Wildman–Crippen LogP) is -1.24. The van der Waals surface area contributed by atoms with Crippen LogP contribution in [-0.2, 0) is 19.8 Å². The molecule has 0 saturated heterocycles. The van der Waals surface area contributed by atoms with Crippen molar-refractivity contribution in [1.82, 2.24) is 0 Å². The second-order valence-corrected chi connectivity index (χ2v) is 0.0680. The molecular weight excluding hydrogens is 119 g/mol. The summed E-state index contributed by atoms with van der Waals surface area (Å²) in [5.41, 5.74) is 0. The molecule has 0 aromatic heterocycles. The summed E-state index contributed by atoms with van der Waals surface area (Å²) in [6.45, 7) is 0. The van der Waals surface area contributed by atoms with Gasteiger partial charge in [-0.3, -0.25) is 0 Å². The third kappa shape index (κ3) is 140. The van der Waals surface area contributed by atoms with Crippen LogP contribution < -0.4 is 5.26 Å². The summed E-state index contributed by atoms with van der Waals surface area (Å²) in [7, 11) is 0. The van der Waals surface area contributed by atoms with Crippen molar-refractivity contribution in [2.24, 2.45) is 0 Å². The van der Waals surface area contributed by atoms with Crippen molar-refractivity contribution in [3.8, 4) is 0 Å². The van der Waals surface area contributed by atoms with E-state index in [9.17, 15) is 0 Å². The van der Waals surface area contributed by atoms with Crippen LogP contribution in [0.25, 0.3) is 0 Å². The minimum atomic E-state index is 1.69. The van der Waals surface area contributed by atoms with Crippen LogP contribution in [0.1, 0.15) is 0 Å². The summed E-state index contributed by atoms with van der Waals surface area (Å²) < 4.78 is 9.81. The van der Waals surface area contributed by atoms with Crippen molar-refractivity contribution in [3.63, 3.8) is 0 Å². The molecule has 4 nitrogen and oxygen atoms in total. The summed E-state index contributed by atoms with van der Waals surface area (Å²) >= 11 is 1.69. The molecule has 0 spiro atoms. The molecule has 0 aliphatic heterocycles. The van der Waals surface area contributed by atoms with E-state index in [2.05, 4.69) is 0 Å². The molecule has 31 valence electrons. The minimum absolute atomic E-state index is 1.69. The van der Waals surface area contributed by atoms with Gasteiger partial charge in [-0.1, -0.05) is 10.2 Å². The fourth-order valence-corrected chi connectivity index (χ4v) is 0. The van der Waals surface area contributed by atoms with E-state index < -0.39 is 0 Å². The molecule has 0 atom stereocenters. The normalized spacial score (nSPS) is 3.20. The molecule has 0 bridgehead atoms. The average molecular weight is 119 g/mol.